The summed E-state index contributed by atoms with van der Waals surface area (Å²) in [7, 11) is 0. The average Bonchev–Trinajstić information content (AvgIpc) is 2.88. The molecule has 3 rings (SSSR count). The summed E-state index contributed by atoms with van der Waals surface area (Å²) in [6.45, 7) is 3.50. The van der Waals surface area contributed by atoms with E-state index in [1.165, 1.54) is 12.3 Å². The van der Waals surface area contributed by atoms with Crippen molar-refractivity contribution in [1.82, 2.24) is 15.2 Å². The molecule has 0 unspecified atom stereocenters. The first-order valence-electron chi connectivity index (χ1n) is 6.83. The fourth-order valence-electron chi connectivity index (χ4n) is 2.38. The second-order valence-corrected chi connectivity index (χ2v) is 5.12. The number of H-pyrrole nitrogens is 1. The van der Waals surface area contributed by atoms with Crippen LogP contribution in [0.4, 0.5) is 11.4 Å². The lowest BCUT2D eigenvalue weighted by molar-refractivity contribution is -0.385. The van der Waals surface area contributed by atoms with Crippen molar-refractivity contribution in [2.24, 2.45) is 0 Å². The maximum Gasteiger partial charge on any atom is 0.282 e. The predicted molar refractivity (Wildman–Crippen MR) is 84.4 cm³/mol. The number of carbonyl (C=O) groups excluding carboxylic acids is 1. The Morgan fingerprint density at radius 2 is 2.13 bits per heavy atom. The van der Waals surface area contributed by atoms with Crippen molar-refractivity contribution < 1.29 is 9.72 Å². The molecule has 0 saturated carbocycles. The molecule has 0 spiro atoms. The first-order chi connectivity index (χ1) is 11.0. The Labute approximate surface area is 130 Å². The number of amides is 1. The Kier molecular flexibility index (Phi) is 3.49. The van der Waals surface area contributed by atoms with Gasteiger partial charge in [-0.2, -0.15) is 5.10 Å². The Morgan fingerprint density at radius 1 is 1.35 bits per heavy atom. The van der Waals surface area contributed by atoms with Gasteiger partial charge in [-0.1, -0.05) is 12.1 Å². The van der Waals surface area contributed by atoms with Crippen molar-refractivity contribution >= 4 is 28.3 Å². The van der Waals surface area contributed by atoms with Crippen LogP contribution in [0.3, 0.4) is 0 Å². The van der Waals surface area contributed by atoms with E-state index in [9.17, 15) is 14.9 Å². The van der Waals surface area contributed by atoms with E-state index in [4.69, 9.17) is 0 Å². The first kappa shape index (κ1) is 14.6. The van der Waals surface area contributed by atoms with Gasteiger partial charge >= 0.3 is 0 Å². The smallest absolute Gasteiger partial charge is 0.282 e. The predicted octanol–water partition coefficient (Wildman–Crippen LogP) is 2.74. The average molecular weight is 311 g/mol. The van der Waals surface area contributed by atoms with Crippen molar-refractivity contribution in [3.8, 4) is 0 Å². The summed E-state index contributed by atoms with van der Waals surface area (Å²) >= 11 is 0. The molecular weight excluding hydrogens is 298 g/mol. The van der Waals surface area contributed by atoms with Gasteiger partial charge in [0.05, 0.1) is 16.8 Å². The molecule has 0 aliphatic rings. The molecule has 1 aromatic carbocycles. The summed E-state index contributed by atoms with van der Waals surface area (Å²) in [5.74, 6) is -0.544. The van der Waals surface area contributed by atoms with Gasteiger partial charge in [-0.25, -0.2) is 4.98 Å². The molecule has 0 bridgehead atoms. The van der Waals surface area contributed by atoms with E-state index in [-0.39, 0.29) is 11.3 Å². The van der Waals surface area contributed by atoms with E-state index in [1.807, 2.05) is 6.92 Å². The highest BCUT2D eigenvalue weighted by Crippen LogP contribution is 2.24. The van der Waals surface area contributed by atoms with Gasteiger partial charge in [-0.3, -0.25) is 20.0 Å². The third kappa shape index (κ3) is 2.61. The number of anilines is 1. The molecule has 0 atom stereocenters. The zero-order valence-corrected chi connectivity index (χ0v) is 12.5. The standard InChI is InChI=1S/C15H13N5O3/c1-8-4-3-5-12(20(22)23)13(8)15(21)17-10-6-11-9(2)18-19-14(11)16-7-10/h3-7H,1-2H3,(H,17,21)(H,16,18,19). The number of hydrogen-bond donors (Lipinski definition) is 2. The Bertz CT molecular complexity index is 932. The van der Waals surface area contributed by atoms with Crippen LogP contribution in [-0.2, 0) is 0 Å². The van der Waals surface area contributed by atoms with E-state index in [0.29, 0.717) is 16.9 Å². The molecule has 2 N–H and O–H groups in total. The second kappa shape index (κ2) is 5.48. The number of carbonyl (C=O) groups is 1. The largest absolute Gasteiger partial charge is 0.320 e. The number of nitro groups is 1. The molecule has 8 nitrogen and oxygen atoms in total. The van der Waals surface area contributed by atoms with Crippen LogP contribution in [0.2, 0.25) is 0 Å². The van der Waals surface area contributed by atoms with Crippen molar-refractivity contribution in [2.45, 2.75) is 13.8 Å². The van der Waals surface area contributed by atoms with Crippen LogP contribution in [0.1, 0.15) is 21.6 Å². The third-order valence-corrected chi connectivity index (χ3v) is 3.53. The number of nitrogens with zero attached hydrogens (tertiary/aromatic N) is 3. The van der Waals surface area contributed by atoms with Gasteiger partial charge in [0.2, 0.25) is 0 Å². The monoisotopic (exact) mass is 311 g/mol. The summed E-state index contributed by atoms with van der Waals surface area (Å²) < 4.78 is 0. The van der Waals surface area contributed by atoms with E-state index >= 15 is 0 Å². The van der Waals surface area contributed by atoms with Crippen molar-refractivity contribution in [3.05, 3.63) is 57.4 Å². The molecule has 1 amide bonds. The molecule has 3 aromatic rings. The Morgan fingerprint density at radius 3 is 2.87 bits per heavy atom. The molecule has 0 saturated heterocycles. The minimum absolute atomic E-state index is 0.0431. The lowest BCUT2D eigenvalue weighted by Gasteiger charge is -2.08. The molecule has 0 aliphatic carbocycles. The lowest BCUT2D eigenvalue weighted by atomic mass is 10.1. The summed E-state index contributed by atoms with van der Waals surface area (Å²) in [6, 6.07) is 6.24. The highest BCUT2D eigenvalue weighted by molar-refractivity contribution is 6.08. The van der Waals surface area contributed by atoms with Crippen molar-refractivity contribution in [2.75, 3.05) is 5.32 Å². The molecule has 116 valence electrons. The number of aryl methyl sites for hydroxylation is 2. The topological polar surface area (TPSA) is 114 Å². The van der Waals surface area contributed by atoms with E-state index < -0.39 is 10.8 Å². The van der Waals surface area contributed by atoms with Crippen LogP contribution in [0.15, 0.2) is 30.5 Å². The van der Waals surface area contributed by atoms with Gasteiger partial charge in [-0.05, 0) is 25.5 Å². The minimum Gasteiger partial charge on any atom is -0.320 e. The van der Waals surface area contributed by atoms with Gasteiger partial charge in [0, 0.05) is 17.1 Å². The van der Waals surface area contributed by atoms with Crippen LogP contribution in [0.5, 0.6) is 0 Å². The number of benzene rings is 1. The molecule has 2 heterocycles. The number of nitrogens with one attached hydrogen (secondary N) is 2. The maximum absolute atomic E-state index is 12.5. The maximum atomic E-state index is 12.5. The number of fused-ring (bicyclic) bond motifs is 1. The lowest BCUT2D eigenvalue weighted by Crippen LogP contribution is -2.15. The summed E-state index contributed by atoms with van der Waals surface area (Å²) in [6.07, 6.45) is 1.46. The van der Waals surface area contributed by atoms with Gasteiger partial charge in [0.25, 0.3) is 11.6 Å². The molecule has 0 radical (unpaired) electrons. The zero-order valence-electron chi connectivity index (χ0n) is 12.5. The number of aromatic nitrogens is 3. The number of nitro benzene ring substituents is 1. The summed E-state index contributed by atoms with van der Waals surface area (Å²) in [5, 5.41) is 21.4. The fraction of sp³-hybridized carbons (Fsp3) is 0.133. The van der Waals surface area contributed by atoms with Crippen molar-refractivity contribution in [3.63, 3.8) is 0 Å². The van der Waals surface area contributed by atoms with Gasteiger partial charge < -0.3 is 5.32 Å². The molecule has 0 aliphatic heterocycles. The van der Waals surface area contributed by atoms with Crippen LogP contribution in [0, 0.1) is 24.0 Å². The number of rotatable bonds is 3. The highest BCUT2D eigenvalue weighted by atomic mass is 16.6. The Hall–Kier alpha value is -3.29. The summed E-state index contributed by atoms with van der Waals surface area (Å²) in [5.41, 5.74) is 2.17. The number of pyridine rings is 1. The highest BCUT2D eigenvalue weighted by Gasteiger charge is 2.22. The number of aromatic amines is 1. The quantitative estimate of drug-likeness (QED) is 0.570. The van der Waals surface area contributed by atoms with Gasteiger partial charge in [0.1, 0.15) is 5.56 Å². The van der Waals surface area contributed by atoms with Crippen LogP contribution < -0.4 is 5.32 Å². The van der Waals surface area contributed by atoms with E-state index in [1.54, 1.807) is 25.1 Å². The van der Waals surface area contributed by atoms with E-state index in [0.717, 1.165) is 11.1 Å². The van der Waals surface area contributed by atoms with E-state index in [2.05, 4.69) is 20.5 Å². The molecule has 8 heteroatoms. The molecule has 0 fully saturated rings. The van der Waals surface area contributed by atoms with Crippen LogP contribution >= 0.6 is 0 Å². The first-order valence-corrected chi connectivity index (χ1v) is 6.83. The molecule has 23 heavy (non-hydrogen) atoms. The third-order valence-electron chi connectivity index (χ3n) is 3.53. The number of hydrogen-bond acceptors (Lipinski definition) is 5. The zero-order chi connectivity index (χ0) is 16.6. The fourth-order valence-corrected chi connectivity index (χ4v) is 2.38. The van der Waals surface area contributed by atoms with Gasteiger partial charge in [-0.15, -0.1) is 0 Å². The SMILES string of the molecule is Cc1cccc([N+](=O)[O-])c1C(=O)Nc1cnc2n[nH]c(C)c2c1. The van der Waals surface area contributed by atoms with Crippen molar-refractivity contribution in [1.29, 1.82) is 0 Å². The second-order valence-electron chi connectivity index (χ2n) is 5.12. The summed E-state index contributed by atoms with van der Waals surface area (Å²) in [4.78, 5) is 27.1. The molecular formula is C15H13N5O3. The Balaban J connectivity index is 1.98. The van der Waals surface area contributed by atoms with Gasteiger partial charge in [0.15, 0.2) is 5.65 Å². The molecule has 2 aromatic heterocycles. The van der Waals surface area contributed by atoms with Crippen LogP contribution in [-0.4, -0.2) is 26.0 Å². The normalized spacial score (nSPS) is 10.7. The van der Waals surface area contributed by atoms with Crippen LogP contribution in [0.25, 0.3) is 11.0 Å². The minimum atomic E-state index is -0.566.